The largest absolute Gasteiger partial charge is 0.486 e. The highest BCUT2D eigenvalue weighted by molar-refractivity contribution is 7.92. The van der Waals surface area contributed by atoms with Crippen LogP contribution in [0.3, 0.4) is 0 Å². The lowest BCUT2D eigenvalue weighted by molar-refractivity contribution is 0.0939. The van der Waals surface area contributed by atoms with Crippen LogP contribution in [0.25, 0.3) is 0 Å². The van der Waals surface area contributed by atoms with E-state index in [1.54, 1.807) is 25.1 Å². The number of nitrogens with zero attached hydrogens (tertiary/aromatic N) is 1. The van der Waals surface area contributed by atoms with Crippen LogP contribution in [-0.4, -0.2) is 40.8 Å². The van der Waals surface area contributed by atoms with Crippen molar-refractivity contribution in [3.05, 3.63) is 53.1 Å². The number of fused-ring (bicyclic) bond motifs is 1. The highest BCUT2D eigenvalue weighted by Crippen LogP contribution is 2.32. The summed E-state index contributed by atoms with van der Waals surface area (Å²) >= 11 is 0. The molecule has 0 radical (unpaired) electrons. The van der Waals surface area contributed by atoms with Crippen LogP contribution in [0.2, 0.25) is 0 Å². The summed E-state index contributed by atoms with van der Waals surface area (Å²) in [5.74, 6) is 1.07. The molecular formula is C20H24N2O5S. The average molecular weight is 404 g/mol. The molecule has 1 aliphatic heterocycles. The average Bonchev–Trinajstić information content (AvgIpc) is 2.66. The van der Waals surface area contributed by atoms with Gasteiger partial charge >= 0.3 is 0 Å². The Morgan fingerprint density at radius 1 is 1.11 bits per heavy atom. The van der Waals surface area contributed by atoms with Crippen molar-refractivity contribution in [3.63, 3.8) is 0 Å². The van der Waals surface area contributed by atoms with E-state index in [1.807, 2.05) is 25.1 Å². The Kier molecular flexibility index (Phi) is 5.51. The highest BCUT2D eigenvalue weighted by atomic mass is 32.2. The van der Waals surface area contributed by atoms with Gasteiger partial charge in [-0.05, 0) is 49.2 Å². The minimum Gasteiger partial charge on any atom is -0.486 e. The molecule has 0 fully saturated rings. The van der Waals surface area contributed by atoms with Gasteiger partial charge in [-0.1, -0.05) is 12.1 Å². The third kappa shape index (κ3) is 4.22. The van der Waals surface area contributed by atoms with Gasteiger partial charge in [0.25, 0.3) is 5.91 Å². The first-order valence-electron chi connectivity index (χ1n) is 8.92. The van der Waals surface area contributed by atoms with Crippen LogP contribution in [-0.2, 0) is 10.0 Å². The molecule has 3 rings (SSSR count). The molecule has 0 bridgehead atoms. The van der Waals surface area contributed by atoms with E-state index in [9.17, 15) is 13.2 Å². The summed E-state index contributed by atoms with van der Waals surface area (Å²) in [6.07, 6.45) is 1.13. The molecule has 7 nitrogen and oxygen atoms in total. The second-order valence-electron chi connectivity index (χ2n) is 6.83. The van der Waals surface area contributed by atoms with Crippen molar-refractivity contribution in [1.82, 2.24) is 5.32 Å². The summed E-state index contributed by atoms with van der Waals surface area (Å²) < 4.78 is 36.0. The first kappa shape index (κ1) is 20.0. The van der Waals surface area contributed by atoms with Gasteiger partial charge in [0, 0.05) is 12.6 Å². The maximum Gasteiger partial charge on any atom is 0.251 e. The standard InChI is InChI=1S/C20H24N2O5S/c1-13-5-6-16(11-17(13)22(3)28(4,24)25)20(23)21-14(2)15-7-8-18-19(12-15)27-10-9-26-18/h5-8,11-12,14H,9-10H2,1-4H3,(H,21,23)/t14-/m1/s1. The maximum atomic E-state index is 12.7. The lowest BCUT2D eigenvalue weighted by atomic mass is 10.1. The molecule has 1 N–H and O–H groups in total. The van der Waals surface area contributed by atoms with E-state index in [1.165, 1.54) is 11.4 Å². The van der Waals surface area contributed by atoms with Gasteiger partial charge in [-0.15, -0.1) is 0 Å². The maximum absolute atomic E-state index is 12.7. The summed E-state index contributed by atoms with van der Waals surface area (Å²) in [7, 11) is -1.95. The number of ether oxygens (including phenoxy) is 2. The predicted octanol–water partition coefficient (Wildman–Crippen LogP) is 2.65. The molecule has 1 heterocycles. The number of sulfonamides is 1. The topological polar surface area (TPSA) is 84.9 Å². The van der Waals surface area contributed by atoms with Gasteiger partial charge in [0.1, 0.15) is 13.2 Å². The minimum absolute atomic E-state index is 0.263. The molecular weight excluding hydrogens is 380 g/mol. The van der Waals surface area contributed by atoms with E-state index < -0.39 is 10.0 Å². The smallest absolute Gasteiger partial charge is 0.251 e. The van der Waals surface area contributed by atoms with Crippen LogP contribution in [0, 0.1) is 6.92 Å². The van der Waals surface area contributed by atoms with Gasteiger partial charge in [-0.2, -0.15) is 0 Å². The zero-order valence-corrected chi connectivity index (χ0v) is 17.2. The zero-order chi connectivity index (χ0) is 20.5. The van der Waals surface area contributed by atoms with Crippen molar-refractivity contribution in [2.75, 3.05) is 30.8 Å². The Morgan fingerprint density at radius 2 is 1.79 bits per heavy atom. The fraction of sp³-hybridized carbons (Fsp3) is 0.350. The SMILES string of the molecule is Cc1ccc(C(=O)N[C@H](C)c2ccc3c(c2)OCCO3)cc1N(C)S(C)(=O)=O. The van der Waals surface area contributed by atoms with Crippen LogP contribution in [0.1, 0.15) is 34.5 Å². The second-order valence-corrected chi connectivity index (χ2v) is 8.84. The Bertz CT molecular complexity index is 1000. The molecule has 150 valence electrons. The minimum atomic E-state index is -3.42. The second kappa shape index (κ2) is 7.71. The summed E-state index contributed by atoms with van der Waals surface area (Å²) in [6.45, 7) is 4.70. The lowest BCUT2D eigenvalue weighted by Gasteiger charge is -2.22. The van der Waals surface area contributed by atoms with E-state index in [2.05, 4.69) is 5.32 Å². The van der Waals surface area contributed by atoms with Crippen LogP contribution in [0.5, 0.6) is 11.5 Å². The van der Waals surface area contributed by atoms with Crippen LogP contribution >= 0.6 is 0 Å². The number of carbonyl (C=O) groups is 1. The molecule has 1 atom stereocenters. The molecule has 8 heteroatoms. The molecule has 2 aromatic rings. The number of amides is 1. The number of hydrogen-bond acceptors (Lipinski definition) is 5. The van der Waals surface area contributed by atoms with E-state index >= 15 is 0 Å². The van der Waals surface area contributed by atoms with Crippen molar-refractivity contribution in [2.45, 2.75) is 19.9 Å². The van der Waals surface area contributed by atoms with Gasteiger partial charge in [0.15, 0.2) is 11.5 Å². The summed E-state index contributed by atoms with van der Waals surface area (Å²) in [4.78, 5) is 12.7. The number of carbonyl (C=O) groups excluding carboxylic acids is 1. The Hall–Kier alpha value is -2.74. The number of hydrogen-bond donors (Lipinski definition) is 1. The van der Waals surface area contributed by atoms with Crippen LogP contribution in [0.4, 0.5) is 5.69 Å². The van der Waals surface area contributed by atoms with E-state index in [4.69, 9.17) is 9.47 Å². The molecule has 0 aromatic heterocycles. The van der Waals surface area contributed by atoms with Crippen molar-refractivity contribution >= 4 is 21.6 Å². The van der Waals surface area contributed by atoms with Gasteiger partial charge < -0.3 is 14.8 Å². The number of rotatable bonds is 5. The summed E-state index contributed by atoms with van der Waals surface area (Å²) in [6, 6.07) is 10.3. The Labute approximate surface area is 165 Å². The molecule has 0 saturated carbocycles. The lowest BCUT2D eigenvalue weighted by Crippen LogP contribution is -2.28. The third-order valence-corrected chi connectivity index (χ3v) is 5.91. The van der Waals surface area contributed by atoms with Crippen molar-refractivity contribution in [1.29, 1.82) is 0 Å². The number of nitrogens with one attached hydrogen (secondary N) is 1. The van der Waals surface area contributed by atoms with Gasteiger partial charge in [0.05, 0.1) is 18.0 Å². The van der Waals surface area contributed by atoms with Gasteiger partial charge in [-0.25, -0.2) is 8.42 Å². The Balaban J connectivity index is 1.79. The molecule has 2 aromatic carbocycles. The molecule has 0 aliphatic carbocycles. The van der Waals surface area contributed by atoms with Crippen molar-refractivity contribution in [2.24, 2.45) is 0 Å². The molecule has 1 amide bonds. The monoisotopic (exact) mass is 404 g/mol. The number of aryl methyl sites for hydroxylation is 1. The number of benzene rings is 2. The van der Waals surface area contributed by atoms with Gasteiger partial charge in [0.2, 0.25) is 10.0 Å². The van der Waals surface area contributed by atoms with E-state index in [0.29, 0.717) is 36.0 Å². The fourth-order valence-electron chi connectivity index (χ4n) is 2.96. The zero-order valence-electron chi connectivity index (χ0n) is 16.4. The molecule has 0 saturated heterocycles. The van der Waals surface area contributed by atoms with Crippen molar-refractivity contribution < 1.29 is 22.7 Å². The van der Waals surface area contributed by atoms with E-state index in [-0.39, 0.29) is 11.9 Å². The van der Waals surface area contributed by atoms with Crippen LogP contribution in [0.15, 0.2) is 36.4 Å². The molecule has 28 heavy (non-hydrogen) atoms. The first-order chi connectivity index (χ1) is 13.2. The summed E-state index contributed by atoms with van der Waals surface area (Å²) in [5.41, 5.74) is 2.52. The van der Waals surface area contributed by atoms with Crippen LogP contribution < -0.4 is 19.1 Å². The number of anilines is 1. The highest BCUT2D eigenvalue weighted by Gasteiger charge is 2.19. The summed E-state index contributed by atoms with van der Waals surface area (Å²) in [5, 5.41) is 2.94. The molecule has 1 aliphatic rings. The van der Waals surface area contributed by atoms with Crippen molar-refractivity contribution in [3.8, 4) is 11.5 Å². The molecule has 0 spiro atoms. The normalized spacial score (nSPS) is 14.3. The third-order valence-electron chi connectivity index (χ3n) is 4.72. The quantitative estimate of drug-likeness (QED) is 0.828. The fourth-order valence-corrected chi connectivity index (χ4v) is 3.52. The predicted molar refractivity (Wildman–Crippen MR) is 108 cm³/mol. The van der Waals surface area contributed by atoms with E-state index in [0.717, 1.165) is 17.4 Å². The Morgan fingerprint density at radius 3 is 2.46 bits per heavy atom. The molecule has 0 unspecified atom stereocenters. The first-order valence-corrected chi connectivity index (χ1v) is 10.8. The van der Waals surface area contributed by atoms with Gasteiger partial charge in [-0.3, -0.25) is 9.10 Å².